The van der Waals surface area contributed by atoms with E-state index in [2.05, 4.69) is 50.4 Å². The van der Waals surface area contributed by atoms with Gasteiger partial charge in [-0.2, -0.15) is 0 Å². The average molecular weight is 354 g/mol. The van der Waals surface area contributed by atoms with Crippen LogP contribution in [0.15, 0.2) is 40.3 Å². The number of H-pyrrole nitrogens is 1. The Kier molecular flexibility index (Phi) is 4.31. The van der Waals surface area contributed by atoms with E-state index < -0.39 is 0 Å². The van der Waals surface area contributed by atoms with Crippen LogP contribution >= 0.6 is 27.7 Å². The van der Waals surface area contributed by atoms with E-state index in [9.17, 15) is 4.79 Å². The van der Waals surface area contributed by atoms with Crippen molar-refractivity contribution < 1.29 is 0 Å². The molecule has 1 atom stereocenters. The number of benzene rings is 1. The fourth-order valence-electron chi connectivity index (χ4n) is 2.18. The highest BCUT2D eigenvalue weighted by Crippen LogP contribution is 2.36. The Morgan fingerprint density at radius 2 is 2.15 bits per heavy atom. The molecule has 1 aromatic heterocycles. The lowest BCUT2D eigenvalue weighted by Crippen LogP contribution is -2.16. The summed E-state index contributed by atoms with van der Waals surface area (Å²) in [7, 11) is 0. The SMILES string of the molecule is O=c1[nH]nc(SCC(CBr)c2ccccc2)n1C1CC1. The first kappa shape index (κ1) is 13.9. The molecule has 6 heteroatoms. The first-order chi connectivity index (χ1) is 9.79. The third-order valence-corrected chi connectivity index (χ3v) is 5.35. The number of hydrogen-bond acceptors (Lipinski definition) is 3. The molecular formula is C14H16BrN3OS. The van der Waals surface area contributed by atoms with Crippen LogP contribution in [0.2, 0.25) is 0 Å². The zero-order valence-corrected chi connectivity index (χ0v) is 13.4. The minimum absolute atomic E-state index is 0.0786. The molecule has 20 heavy (non-hydrogen) atoms. The number of aromatic amines is 1. The van der Waals surface area contributed by atoms with Gasteiger partial charge in [-0.3, -0.25) is 4.57 Å². The van der Waals surface area contributed by atoms with Crippen LogP contribution < -0.4 is 5.69 Å². The molecule has 0 bridgehead atoms. The van der Waals surface area contributed by atoms with E-state index in [1.54, 1.807) is 16.3 Å². The van der Waals surface area contributed by atoms with Crippen LogP contribution in [0.5, 0.6) is 0 Å². The maximum atomic E-state index is 11.7. The van der Waals surface area contributed by atoms with E-state index in [0.717, 1.165) is 29.1 Å². The van der Waals surface area contributed by atoms with Crippen molar-refractivity contribution in [2.75, 3.05) is 11.1 Å². The van der Waals surface area contributed by atoms with Crippen molar-refractivity contribution in [1.29, 1.82) is 0 Å². The Bertz CT molecular complexity index is 621. The van der Waals surface area contributed by atoms with Gasteiger partial charge in [0, 0.05) is 23.0 Å². The summed E-state index contributed by atoms with van der Waals surface area (Å²) in [5.74, 6) is 1.33. The second-order valence-electron chi connectivity index (χ2n) is 4.99. The molecule has 1 aliphatic carbocycles. The number of aromatic nitrogens is 3. The first-order valence-electron chi connectivity index (χ1n) is 6.70. The summed E-state index contributed by atoms with van der Waals surface area (Å²) < 4.78 is 1.81. The van der Waals surface area contributed by atoms with Gasteiger partial charge in [0.15, 0.2) is 5.16 Å². The topological polar surface area (TPSA) is 50.7 Å². The maximum absolute atomic E-state index is 11.7. The summed E-state index contributed by atoms with van der Waals surface area (Å²) in [6, 6.07) is 10.8. The molecule has 1 N–H and O–H groups in total. The van der Waals surface area contributed by atoms with Crippen LogP contribution in [-0.4, -0.2) is 25.8 Å². The van der Waals surface area contributed by atoms with Gasteiger partial charge < -0.3 is 0 Å². The highest BCUT2D eigenvalue weighted by atomic mass is 79.9. The van der Waals surface area contributed by atoms with E-state index in [4.69, 9.17) is 0 Å². The second-order valence-corrected chi connectivity index (χ2v) is 6.62. The van der Waals surface area contributed by atoms with Crippen LogP contribution in [0.4, 0.5) is 0 Å². The van der Waals surface area contributed by atoms with Gasteiger partial charge in [0.05, 0.1) is 0 Å². The molecule has 0 amide bonds. The Labute approximate surface area is 130 Å². The quantitative estimate of drug-likeness (QED) is 0.640. The van der Waals surface area contributed by atoms with Crippen molar-refractivity contribution in [2.24, 2.45) is 0 Å². The minimum Gasteiger partial charge on any atom is -0.267 e. The molecule has 1 unspecified atom stereocenters. The summed E-state index contributed by atoms with van der Waals surface area (Å²) >= 11 is 5.24. The average Bonchev–Trinajstić information content (AvgIpc) is 3.25. The molecule has 1 saturated carbocycles. The van der Waals surface area contributed by atoms with E-state index >= 15 is 0 Å². The highest BCUT2D eigenvalue weighted by Gasteiger charge is 2.28. The zero-order valence-electron chi connectivity index (χ0n) is 11.0. The molecule has 1 aliphatic rings. The monoisotopic (exact) mass is 353 g/mol. The van der Waals surface area contributed by atoms with Crippen molar-refractivity contribution in [3.8, 4) is 0 Å². The number of alkyl halides is 1. The lowest BCUT2D eigenvalue weighted by molar-refractivity contribution is 0.642. The van der Waals surface area contributed by atoms with Crippen LogP contribution in [0.25, 0.3) is 0 Å². The van der Waals surface area contributed by atoms with Crippen molar-refractivity contribution in [2.45, 2.75) is 30.0 Å². The molecule has 1 fully saturated rings. The molecule has 0 radical (unpaired) electrons. The fourth-order valence-corrected chi connectivity index (χ4v) is 4.22. The normalized spacial score (nSPS) is 16.2. The molecule has 4 nitrogen and oxygen atoms in total. The molecule has 2 aromatic rings. The zero-order chi connectivity index (χ0) is 13.9. The predicted octanol–water partition coefficient (Wildman–Crippen LogP) is 3.18. The van der Waals surface area contributed by atoms with Gasteiger partial charge in [-0.05, 0) is 18.4 Å². The van der Waals surface area contributed by atoms with Crippen molar-refractivity contribution >= 4 is 27.7 Å². The predicted molar refractivity (Wildman–Crippen MR) is 84.8 cm³/mol. The Hall–Kier alpha value is -1.01. The lowest BCUT2D eigenvalue weighted by atomic mass is 10.0. The molecule has 1 heterocycles. The van der Waals surface area contributed by atoms with Gasteiger partial charge in [0.25, 0.3) is 0 Å². The number of thioether (sulfide) groups is 1. The van der Waals surface area contributed by atoms with Crippen molar-refractivity contribution in [1.82, 2.24) is 14.8 Å². The summed E-state index contributed by atoms with van der Waals surface area (Å²) in [4.78, 5) is 11.7. The van der Waals surface area contributed by atoms with Crippen LogP contribution in [-0.2, 0) is 0 Å². The van der Waals surface area contributed by atoms with Crippen molar-refractivity contribution in [3.63, 3.8) is 0 Å². The van der Waals surface area contributed by atoms with Crippen LogP contribution in [0.3, 0.4) is 0 Å². The van der Waals surface area contributed by atoms with Gasteiger partial charge in [0.2, 0.25) is 0 Å². The Balaban J connectivity index is 1.71. The van der Waals surface area contributed by atoms with Gasteiger partial charge in [-0.15, -0.1) is 5.10 Å². The maximum Gasteiger partial charge on any atom is 0.344 e. The van der Waals surface area contributed by atoms with Gasteiger partial charge >= 0.3 is 5.69 Å². The van der Waals surface area contributed by atoms with Crippen LogP contribution in [0, 0.1) is 0 Å². The van der Waals surface area contributed by atoms with E-state index in [0.29, 0.717) is 12.0 Å². The van der Waals surface area contributed by atoms with Crippen LogP contribution in [0.1, 0.15) is 30.4 Å². The molecular weight excluding hydrogens is 338 g/mol. The molecule has 1 aromatic carbocycles. The third-order valence-electron chi connectivity index (χ3n) is 3.45. The number of nitrogens with one attached hydrogen (secondary N) is 1. The highest BCUT2D eigenvalue weighted by molar-refractivity contribution is 9.09. The number of hydrogen-bond donors (Lipinski definition) is 1. The Morgan fingerprint density at radius 1 is 1.40 bits per heavy atom. The summed E-state index contributed by atoms with van der Waals surface area (Å²) in [5, 5.41) is 8.44. The van der Waals surface area contributed by atoms with E-state index in [-0.39, 0.29) is 5.69 Å². The second kappa shape index (κ2) is 6.18. The largest absolute Gasteiger partial charge is 0.344 e. The Morgan fingerprint density at radius 3 is 2.80 bits per heavy atom. The molecule has 0 spiro atoms. The molecule has 0 aliphatic heterocycles. The van der Waals surface area contributed by atoms with E-state index in [1.807, 2.05) is 6.07 Å². The summed E-state index contributed by atoms with van der Waals surface area (Å²) in [5.41, 5.74) is 1.23. The van der Waals surface area contributed by atoms with Crippen molar-refractivity contribution in [3.05, 3.63) is 46.4 Å². The summed E-state index contributed by atoms with van der Waals surface area (Å²) in [6.45, 7) is 0. The number of nitrogens with zero attached hydrogens (tertiary/aromatic N) is 2. The summed E-state index contributed by atoms with van der Waals surface area (Å²) in [6.07, 6.45) is 2.18. The number of halogens is 1. The molecule has 3 rings (SSSR count). The van der Waals surface area contributed by atoms with Gasteiger partial charge in [-0.25, -0.2) is 9.89 Å². The lowest BCUT2D eigenvalue weighted by Gasteiger charge is -2.13. The van der Waals surface area contributed by atoms with Gasteiger partial charge in [0.1, 0.15) is 0 Å². The third kappa shape index (κ3) is 3.01. The minimum atomic E-state index is -0.0786. The van der Waals surface area contributed by atoms with E-state index in [1.165, 1.54) is 5.56 Å². The standard InChI is InChI=1S/C14H16BrN3OS/c15-8-11(10-4-2-1-3-5-10)9-20-14-17-16-13(19)18(14)12-6-7-12/h1-5,11-12H,6-9H2,(H,16,19). The fraction of sp³-hybridized carbons (Fsp3) is 0.429. The first-order valence-corrected chi connectivity index (χ1v) is 8.81. The molecule has 0 saturated heterocycles. The molecule has 106 valence electrons. The smallest absolute Gasteiger partial charge is 0.267 e. The van der Waals surface area contributed by atoms with Gasteiger partial charge in [-0.1, -0.05) is 58.0 Å². The number of rotatable bonds is 6.